The summed E-state index contributed by atoms with van der Waals surface area (Å²) in [7, 11) is 0. The number of fused-ring (bicyclic) bond motifs is 1. The minimum absolute atomic E-state index is 0.0335. The van der Waals surface area contributed by atoms with Crippen molar-refractivity contribution in [2.24, 2.45) is 0 Å². The molecule has 0 spiro atoms. The van der Waals surface area contributed by atoms with Gasteiger partial charge in [-0.1, -0.05) is 30.0 Å². The second-order valence-electron chi connectivity index (χ2n) is 6.41. The van der Waals surface area contributed by atoms with Crippen molar-refractivity contribution in [3.63, 3.8) is 0 Å². The summed E-state index contributed by atoms with van der Waals surface area (Å²) >= 11 is 1.50. The fourth-order valence-corrected chi connectivity index (χ4v) is 3.77. The lowest BCUT2D eigenvalue weighted by Gasteiger charge is -2.11. The fourth-order valence-electron chi connectivity index (χ4n) is 2.92. The first kappa shape index (κ1) is 15.8. The third kappa shape index (κ3) is 3.70. The largest absolute Gasteiger partial charge is 0.376 e. The van der Waals surface area contributed by atoms with Crippen LogP contribution in [0.25, 0.3) is 10.9 Å². The van der Waals surface area contributed by atoms with Gasteiger partial charge in [-0.15, -0.1) is 0 Å². The number of nitrogens with one attached hydrogen (secondary N) is 1. The number of thioether (sulfide) groups is 1. The molecule has 1 saturated carbocycles. The lowest BCUT2D eigenvalue weighted by molar-refractivity contribution is -0.119. The Morgan fingerprint density at radius 1 is 1.25 bits per heavy atom. The van der Waals surface area contributed by atoms with Gasteiger partial charge >= 0.3 is 0 Å². The Morgan fingerprint density at radius 2 is 2.12 bits per heavy atom. The number of rotatable bonds is 6. The first-order chi connectivity index (χ1) is 11.8. The number of carbonyl (C=O) groups excluding carboxylic acids is 1. The van der Waals surface area contributed by atoms with E-state index in [9.17, 15) is 4.79 Å². The van der Waals surface area contributed by atoms with Gasteiger partial charge in [0.05, 0.1) is 17.4 Å². The predicted molar refractivity (Wildman–Crippen MR) is 94.2 cm³/mol. The van der Waals surface area contributed by atoms with Crippen molar-refractivity contribution in [1.29, 1.82) is 0 Å². The van der Waals surface area contributed by atoms with Crippen LogP contribution in [0.1, 0.15) is 37.4 Å². The Hall–Kier alpha value is -1.66. The van der Waals surface area contributed by atoms with Gasteiger partial charge in [-0.05, 0) is 31.7 Å². The topological polar surface area (TPSA) is 64.1 Å². The van der Waals surface area contributed by atoms with Crippen LogP contribution < -0.4 is 5.32 Å². The van der Waals surface area contributed by atoms with Crippen molar-refractivity contribution >= 4 is 28.6 Å². The maximum atomic E-state index is 12.1. The van der Waals surface area contributed by atoms with Gasteiger partial charge in [0, 0.05) is 24.5 Å². The van der Waals surface area contributed by atoms with Crippen molar-refractivity contribution in [2.45, 2.75) is 42.7 Å². The molecule has 1 aromatic carbocycles. The van der Waals surface area contributed by atoms with E-state index in [0.29, 0.717) is 18.2 Å². The molecule has 6 heteroatoms. The molecule has 5 nitrogen and oxygen atoms in total. The van der Waals surface area contributed by atoms with Gasteiger partial charge in [-0.25, -0.2) is 9.97 Å². The standard InChI is InChI=1S/C18H21N3O2S/c22-16(19-10-13-4-3-9-23-13)11-24-18-14-5-1-2-6-15(14)20-17(21-18)12-7-8-12/h1-2,5-6,12-13H,3-4,7-11H2,(H,19,22). The number of para-hydroxylation sites is 1. The lowest BCUT2D eigenvalue weighted by Crippen LogP contribution is -2.32. The minimum Gasteiger partial charge on any atom is -0.376 e. The van der Waals surface area contributed by atoms with E-state index < -0.39 is 0 Å². The highest BCUT2D eigenvalue weighted by Crippen LogP contribution is 2.39. The average molecular weight is 343 g/mol. The van der Waals surface area contributed by atoms with E-state index >= 15 is 0 Å². The van der Waals surface area contributed by atoms with Crippen LogP contribution in [0.3, 0.4) is 0 Å². The molecule has 1 unspecified atom stereocenters. The highest BCUT2D eigenvalue weighted by atomic mass is 32.2. The van der Waals surface area contributed by atoms with Gasteiger partial charge in [0.15, 0.2) is 0 Å². The zero-order chi connectivity index (χ0) is 16.4. The molecule has 0 radical (unpaired) electrons. The van der Waals surface area contributed by atoms with Crippen molar-refractivity contribution < 1.29 is 9.53 Å². The maximum absolute atomic E-state index is 12.1. The van der Waals surface area contributed by atoms with Crippen molar-refractivity contribution in [2.75, 3.05) is 18.9 Å². The summed E-state index contributed by atoms with van der Waals surface area (Å²) in [6.07, 6.45) is 4.65. The Bertz CT molecular complexity index is 742. The Kier molecular flexibility index (Phi) is 4.67. The molecule has 2 aliphatic rings. The molecule has 1 saturated heterocycles. The smallest absolute Gasteiger partial charge is 0.230 e. The van der Waals surface area contributed by atoms with E-state index in [1.807, 2.05) is 24.3 Å². The van der Waals surface area contributed by atoms with Crippen LogP contribution >= 0.6 is 11.8 Å². The second-order valence-corrected chi connectivity index (χ2v) is 7.37. The molecular weight excluding hydrogens is 322 g/mol. The van der Waals surface area contributed by atoms with Crippen molar-refractivity contribution in [3.8, 4) is 0 Å². The van der Waals surface area contributed by atoms with E-state index in [4.69, 9.17) is 9.72 Å². The quantitative estimate of drug-likeness (QED) is 0.645. The van der Waals surface area contributed by atoms with E-state index in [1.165, 1.54) is 24.6 Å². The van der Waals surface area contributed by atoms with Crippen LogP contribution in [0.4, 0.5) is 0 Å². The number of aromatic nitrogens is 2. The van der Waals surface area contributed by atoms with Crippen LogP contribution in [0.2, 0.25) is 0 Å². The highest BCUT2D eigenvalue weighted by molar-refractivity contribution is 8.00. The summed E-state index contributed by atoms with van der Waals surface area (Å²) in [5.74, 6) is 1.84. The zero-order valence-electron chi connectivity index (χ0n) is 13.5. The van der Waals surface area contributed by atoms with Crippen LogP contribution in [-0.2, 0) is 9.53 Å². The number of ether oxygens (including phenoxy) is 1. The van der Waals surface area contributed by atoms with E-state index in [2.05, 4.69) is 10.3 Å². The van der Waals surface area contributed by atoms with Gasteiger partial charge in [0.2, 0.25) is 5.91 Å². The molecular formula is C18H21N3O2S. The minimum atomic E-state index is 0.0335. The second kappa shape index (κ2) is 7.07. The molecule has 2 heterocycles. The van der Waals surface area contributed by atoms with Crippen molar-refractivity contribution in [3.05, 3.63) is 30.1 Å². The number of nitrogens with zero attached hydrogens (tertiary/aromatic N) is 2. The first-order valence-electron chi connectivity index (χ1n) is 8.57. The van der Waals surface area contributed by atoms with Gasteiger partial charge in [0.1, 0.15) is 10.9 Å². The fraction of sp³-hybridized carbons (Fsp3) is 0.500. The van der Waals surface area contributed by atoms with Crippen LogP contribution in [0, 0.1) is 0 Å². The van der Waals surface area contributed by atoms with E-state index in [0.717, 1.165) is 41.2 Å². The molecule has 24 heavy (non-hydrogen) atoms. The molecule has 2 aromatic rings. The third-order valence-electron chi connectivity index (χ3n) is 4.42. The molecule has 4 rings (SSSR count). The van der Waals surface area contributed by atoms with Crippen molar-refractivity contribution in [1.82, 2.24) is 15.3 Å². The summed E-state index contributed by atoms with van der Waals surface area (Å²) < 4.78 is 5.53. The summed E-state index contributed by atoms with van der Waals surface area (Å²) in [6.45, 7) is 1.42. The number of benzene rings is 1. The third-order valence-corrected chi connectivity index (χ3v) is 5.41. The summed E-state index contributed by atoms with van der Waals surface area (Å²) in [4.78, 5) is 21.5. The van der Waals surface area contributed by atoms with Crippen LogP contribution in [0.5, 0.6) is 0 Å². The average Bonchev–Trinajstić information content (AvgIpc) is 3.33. The summed E-state index contributed by atoms with van der Waals surface area (Å²) in [5.41, 5.74) is 0.969. The Labute approximate surface area is 145 Å². The summed E-state index contributed by atoms with van der Waals surface area (Å²) in [5, 5.41) is 4.90. The maximum Gasteiger partial charge on any atom is 0.230 e. The molecule has 1 aliphatic heterocycles. The highest BCUT2D eigenvalue weighted by Gasteiger charge is 2.27. The molecule has 1 aliphatic carbocycles. The van der Waals surface area contributed by atoms with Gasteiger partial charge in [0.25, 0.3) is 0 Å². The van der Waals surface area contributed by atoms with Gasteiger partial charge in [-0.3, -0.25) is 4.79 Å². The lowest BCUT2D eigenvalue weighted by atomic mass is 10.2. The van der Waals surface area contributed by atoms with Gasteiger partial charge in [-0.2, -0.15) is 0 Å². The van der Waals surface area contributed by atoms with Crippen LogP contribution in [-0.4, -0.2) is 40.9 Å². The molecule has 1 atom stereocenters. The van der Waals surface area contributed by atoms with Gasteiger partial charge < -0.3 is 10.1 Å². The first-order valence-corrected chi connectivity index (χ1v) is 9.56. The molecule has 1 N–H and O–H groups in total. The molecule has 126 valence electrons. The zero-order valence-corrected chi connectivity index (χ0v) is 14.3. The van der Waals surface area contributed by atoms with Crippen LogP contribution in [0.15, 0.2) is 29.3 Å². The van der Waals surface area contributed by atoms with E-state index in [-0.39, 0.29) is 12.0 Å². The Balaban J connectivity index is 1.42. The molecule has 0 bridgehead atoms. The predicted octanol–water partition coefficient (Wildman–Crippen LogP) is 2.89. The number of hydrogen-bond acceptors (Lipinski definition) is 5. The number of carbonyl (C=O) groups is 1. The number of amides is 1. The monoisotopic (exact) mass is 343 g/mol. The SMILES string of the molecule is O=C(CSc1nc(C2CC2)nc2ccccc12)NCC1CCCO1. The molecule has 1 aromatic heterocycles. The Morgan fingerprint density at radius 3 is 2.92 bits per heavy atom. The summed E-state index contributed by atoms with van der Waals surface area (Å²) in [6, 6.07) is 8.03. The van der Waals surface area contributed by atoms with E-state index in [1.54, 1.807) is 0 Å². The molecule has 1 amide bonds. The number of hydrogen-bond donors (Lipinski definition) is 1. The molecule has 2 fully saturated rings. The normalized spacial score (nSPS) is 20.4.